The summed E-state index contributed by atoms with van der Waals surface area (Å²) in [5, 5.41) is 2.32. The van der Waals surface area contributed by atoms with Crippen molar-refractivity contribution in [3.8, 4) is 28.4 Å². The largest absolute Gasteiger partial charge is 0.457 e. The number of rotatable bonds is 6. The van der Waals surface area contributed by atoms with E-state index in [1.54, 1.807) is 0 Å². The van der Waals surface area contributed by atoms with E-state index in [-0.39, 0.29) is 16.2 Å². The highest BCUT2D eigenvalue weighted by atomic mass is 16.5. The summed E-state index contributed by atoms with van der Waals surface area (Å²) >= 11 is 0. The summed E-state index contributed by atoms with van der Waals surface area (Å²) in [5.41, 5.74) is 13.0. The molecule has 0 saturated heterocycles. The van der Waals surface area contributed by atoms with E-state index in [0.29, 0.717) is 12.4 Å². The van der Waals surface area contributed by atoms with E-state index in [0.717, 1.165) is 67.6 Å². The maximum atomic E-state index is 7.77. The van der Waals surface area contributed by atoms with Crippen molar-refractivity contribution in [3.63, 3.8) is 0 Å². The number of ether oxygens (including phenoxy) is 1. The normalized spacial score (nSPS) is 13.2. The maximum Gasteiger partial charge on any atom is 0.187 e. The zero-order valence-electron chi connectivity index (χ0n) is 36.7. The molecule has 0 N–H and O–H groups in total. The van der Waals surface area contributed by atoms with Crippen LogP contribution in [0.3, 0.4) is 0 Å². The molecule has 0 aliphatic carbocycles. The summed E-state index contributed by atoms with van der Waals surface area (Å²) in [4.78, 5) is 13.5. The van der Waals surface area contributed by atoms with E-state index < -0.39 is 0 Å². The fraction of sp³-hybridized carbons (Fsp3) is 0.236. The molecule has 6 heteroatoms. The van der Waals surface area contributed by atoms with Crippen LogP contribution in [0.15, 0.2) is 146 Å². The van der Waals surface area contributed by atoms with Crippen LogP contribution in [0.4, 0.5) is 28.4 Å². The first-order valence-electron chi connectivity index (χ1n) is 21.2. The third-order valence-corrected chi connectivity index (χ3v) is 12.0. The van der Waals surface area contributed by atoms with Crippen molar-refractivity contribution in [2.24, 2.45) is 0 Å². The summed E-state index contributed by atoms with van der Waals surface area (Å²) in [7, 11) is 0. The third kappa shape index (κ3) is 7.40. The molecule has 0 fully saturated rings. The molecular weight excluding hydrogens is 747 g/mol. The summed E-state index contributed by atoms with van der Waals surface area (Å²) in [5.74, 6) is 2.38. The second kappa shape index (κ2) is 14.7. The molecule has 0 unspecified atom stereocenters. The molecule has 1 aliphatic heterocycles. The van der Waals surface area contributed by atoms with Gasteiger partial charge in [0.05, 0.1) is 29.0 Å². The van der Waals surface area contributed by atoms with E-state index in [1.165, 1.54) is 22.1 Å². The molecule has 0 bridgehead atoms. The van der Waals surface area contributed by atoms with Crippen LogP contribution >= 0.6 is 0 Å². The first-order chi connectivity index (χ1) is 29.1. The number of hydrogen-bond donors (Lipinski definition) is 0. The molecular formula is C55H53N5O. The van der Waals surface area contributed by atoms with Crippen molar-refractivity contribution in [1.29, 1.82) is 0 Å². The van der Waals surface area contributed by atoms with Crippen LogP contribution in [-0.4, -0.2) is 16.2 Å². The standard InChI is InChI=1S/C55H53N5O/c1-53(2,3)37-26-27-57-51(32-37)60-48-22-12-11-20-46(48)47-25-24-44(34-50(47)60)61-43-19-14-18-41(33-43)58-35-59(42-30-38(54(4,5)6)29-39(31-42)55(7,8)9)52-45(21-15-23-49(52)58)36-16-13-17-40(28-36)56-10/h11-34H,35H2,1-9H3. The summed E-state index contributed by atoms with van der Waals surface area (Å²) in [6.07, 6.45) is 1.91. The lowest BCUT2D eigenvalue weighted by atomic mass is 9.80. The van der Waals surface area contributed by atoms with Crippen molar-refractivity contribution < 1.29 is 4.74 Å². The smallest absolute Gasteiger partial charge is 0.187 e. The molecule has 0 amide bonds. The molecule has 1 aliphatic rings. The first-order valence-corrected chi connectivity index (χ1v) is 21.2. The van der Waals surface area contributed by atoms with Gasteiger partial charge in [0, 0.05) is 46.0 Å². The molecule has 61 heavy (non-hydrogen) atoms. The Morgan fingerprint density at radius 1 is 0.557 bits per heavy atom. The lowest BCUT2D eigenvalue weighted by Crippen LogP contribution is -2.25. The minimum absolute atomic E-state index is 0.0144. The van der Waals surface area contributed by atoms with Gasteiger partial charge in [0.1, 0.15) is 24.0 Å². The van der Waals surface area contributed by atoms with Gasteiger partial charge >= 0.3 is 0 Å². The van der Waals surface area contributed by atoms with Crippen LogP contribution < -0.4 is 14.5 Å². The van der Waals surface area contributed by atoms with Crippen molar-refractivity contribution in [1.82, 2.24) is 9.55 Å². The van der Waals surface area contributed by atoms with Gasteiger partial charge in [-0.25, -0.2) is 9.83 Å². The van der Waals surface area contributed by atoms with Gasteiger partial charge in [-0.1, -0.05) is 123 Å². The lowest BCUT2D eigenvalue weighted by molar-refractivity contribution is 0.483. The molecule has 0 saturated carbocycles. The zero-order chi connectivity index (χ0) is 42.8. The molecule has 2 aromatic heterocycles. The van der Waals surface area contributed by atoms with Gasteiger partial charge in [0.2, 0.25) is 0 Å². The Balaban J connectivity index is 1.14. The van der Waals surface area contributed by atoms with Crippen molar-refractivity contribution in [2.75, 3.05) is 16.5 Å². The topological polar surface area (TPSA) is 37.9 Å². The average Bonchev–Trinajstić information content (AvgIpc) is 3.79. The van der Waals surface area contributed by atoms with Gasteiger partial charge in [-0.05, 0) is 105 Å². The van der Waals surface area contributed by atoms with Crippen LogP contribution in [0.25, 0.3) is 43.6 Å². The van der Waals surface area contributed by atoms with Gasteiger partial charge in [0.15, 0.2) is 5.69 Å². The number of pyridine rings is 1. The van der Waals surface area contributed by atoms with Crippen LogP contribution in [-0.2, 0) is 16.2 Å². The molecule has 3 heterocycles. The van der Waals surface area contributed by atoms with E-state index in [2.05, 4.69) is 197 Å². The van der Waals surface area contributed by atoms with Gasteiger partial charge < -0.3 is 14.5 Å². The summed E-state index contributed by atoms with van der Waals surface area (Å²) < 4.78 is 9.03. The number of benzene rings is 6. The van der Waals surface area contributed by atoms with Gasteiger partial charge in [0.25, 0.3) is 0 Å². The van der Waals surface area contributed by atoms with E-state index in [9.17, 15) is 0 Å². The van der Waals surface area contributed by atoms with Crippen LogP contribution in [0, 0.1) is 6.57 Å². The molecule has 9 rings (SSSR count). The molecule has 6 aromatic carbocycles. The highest BCUT2D eigenvalue weighted by molar-refractivity contribution is 6.09. The second-order valence-corrected chi connectivity index (χ2v) is 19.4. The van der Waals surface area contributed by atoms with Gasteiger partial charge in [-0.2, -0.15) is 0 Å². The molecule has 304 valence electrons. The SMILES string of the molecule is [C-]#[N+]c1cccc(-c2cccc3c2N(c2cc(C(C)(C)C)cc(C(C)(C)C)c2)CN3c2cccc(Oc3ccc4c5ccccc5n(-c5cc(C(C)(C)C)ccn5)c4c3)c2)c1. The Kier molecular flexibility index (Phi) is 9.55. The molecule has 0 radical (unpaired) electrons. The minimum Gasteiger partial charge on any atom is -0.457 e. The second-order valence-electron chi connectivity index (χ2n) is 19.4. The molecule has 0 atom stereocenters. The number of anilines is 4. The van der Waals surface area contributed by atoms with Gasteiger partial charge in [-0.15, -0.1) is 0 Å². The summed E-state index contributed by atoms with van der Waals surface area (Å²) in [6.45, 7) is 28.8. The number of hydrogen-bond acceptors (Lipinski definition) is 4. The number of nitrogens with zero attached hydrogens (tertiary/aromatic N) is 5. The van der Waals surface area contributed by atoms with Crippen LogP contribution in [0.1, 0.15) is 79.0 Å². The van der Waals surface area contributed by atoms with Crippen molar-refractivity contribution in [3.05, 3.63) is 174 Å². The highest BCUT2D eigenvalue weighted by Crippen LogP contribution is 2.51. The van der Waals surface area contributed by atoms with E-state index >= 15 is 0 Å². The average molecular weight is 800 g/mol. The predicted octanol–water partition coefficient (Wildman–Crippen LogP) is 15.3. The molecule has 8 aromatic rings. The quantitative estimate of drug-likeness (QED) is 0.157. The van der Waals surface area contributed by atoms with E-state index in [4.69, 9.17) is 16.3 Å². The molecule has 6 nitrogen and oxygen atoms in total. The van der Waals surface area contributed by atoms with Crippen LogP contribution in [0.2, 0.25) is 0 Å². The maximum absolute atomic E-state index is 7.77. The third-order valence-electron chi connectivity index (χ3n) is 12.0. The number of aromatic nitrogens is 2. The van der Waals surface area contributed by atoms with E-state index in [1.807, 2.05) is 30.5 Å². The Labute approximate surface area is 360 Å². The molecule has 0 spiro atoms. The lowest BCUT2D eigenvalue weighted by Gasteiger charge is -2.30. The zero-order valence-corrected chi connectivity index (χ0v) is 36.7. The fourth-order valence-corrected chi connectivity index (χ4v) is 8.48. The fourth-order valence-electron chi connectivity index (χ4n) is 8.48. The highest BCUT2D eigenvalue weighted by Gasteiger charge is 2.33. The van der Waals surface area contributed by atoms with Gasteiger partial charge in [-0.3, -0.25) is 4.57 Å². The Hall–Kier alpha value is -6.84. The first kappa shape index (κ1) is 39.6. The number of fused-ring (bicyclic) bond motifs is 4. The van der Waals surface area contributed by atoms with Crippen LogP contribution in [0.5, 0.6) is 11.5 Å². The number of para-hydroxylation sites is 2. The predicted molar refractivity (Wildman–Crippen MR) is 255 cm³/mol. The Bertz CT molecular complexity index is 2990. The van der Waals surface area contributed by atoms with Crippen molar-refractivity contribution >= 4 is 50.2 Å². The minimum atomic E-state index is -0.0439. The summed E-state index contributed by atoms with van der Waals surface area (Å²) in [6, 6.07) is 49.2. The Morgan fingerprint density at radius 2 is 1.25 bits per heavy atom. The van der Waals surface area contributed by atoms with Crippen molar-refractivity contribution in [2.45, 2.75) is 78.6 Å². The monoisotopic (exact) mass is 799 g/mol. The Morgan fingerprint density at radius 3 is 1.98 bits per heavy atom.